The monoisotopic (exact) mass is 336 g/mol. The number of piperidine rings is 1. The van der Waals surface area contributed by atoms with Crippen LogP contribution in [0.3, 0.4) is 0 Å². The van der Waals surface area contributed by atoms with E-state index < -0.39 is 5.60 Å². The van der Waals surface area contributed by atoms with E-state index in [9.17, 15) is 14.0 Å². The number of nitrogens with zero attached hydrogens (tertiary/aromatic N) is 1. The third kappa shape index (κ3) is 4.77. The van der Waals surface area contributed by atoms with Crippen molar-refractivity contribution in [1.82, 2.24) is 10.2 Å². The predicted octanol–water partition coefficient (Wildman–Crippen LogP) is 2.11. The fraction of sp³-hybridized carbons (Fsp3) is 0.556. The number of halogens is 1. The van der Waals surface area contributed by atoms with Crippen LogP contribution in [0, 0.1) is 11.7 Å². The number of carbonyl (C=O) groups excluding carboxylic acids is 2. The summed E-state index contributed by atoms with van der Waals surface area (Å²) >= 11 is 0. The Balaban J connectivity index is 1.96. The van der Waals surface area contributed by atoms with Gasteiger partial charge in [-0.3, -0.25) is 9.59 Å². The van der Waals surface area contributed by atoms with Gasteiger partial charge in [0.1, 0.15) is 5.82 Å². The third-order valence-electron chi connectivity index (χ3n) is 4.43. The Morgan fingerprint density at radius 2 is 2.12 bits per heavy atom. The molecule has 24 heavy (non-hydrogen) atoms. The van der Waals surface area contributed by atoms with E-state index in [0.717, 1.165) is 0 Å². The van der Waals surface area contributed by atoms with Gasteiger partial charge < -0.3 is 15.0 Å². The van der Waals surface area contributed by atoms with E-state index in [1.807, 2.05) is 13.8 Å². The average molecular weight is 336 g/mol. The van der Waals surface area contributed by atoms with Crippen molar-refractivity contribution < 1.29 is 18.7 Å². The number of rotatable bonds is 6. The van der Waals surface area contributed by atoms with Gasteiger partial charge in [0, 0.05) is 38.7 Å². The number of hydrogen-bond donors (Lipinski definition) is 1. The zero-order valence-corrected chi connectivity index (χ0v) is 14.5. The van der Waals surface area contributed by atoms with Gasteiger partial charge >= 0.3 is 0 Å². The Morgan fingerprint density at radius 1 is 1.42 bits per heavy atom. The van der Waals surface area contributed by atoms with Crippen LogP contribution in [0.25, 0.3) is 0 Å². The summed E-state index contributed by atoms with van der Waals surface area (Å²) < 4.78 is 19.1. The van der Waals surface area contributed by atoms with Crippen LogP contribution in [-0.4, -0.2) is 42.5 Å². The first-order valence-electron chi connectivity index (χ1n) is 8.16. The summed E-state index contributed by atoms with van der Waals surface area (Å²) in [6.07, 6.45) is 0.825. The molecule has 1 aliphatic heterocycles. The lowest BCUT2D eigenvalue weighted by atomic mass is 9.95. The van der Waals surface area contributed by atoms with Crippen LogP contribution in [0.1, 0.15) is 32.3 Å². The molecule has 2 rings (SSSR count). The standard InChI is InChI=1S/C18H25FN2O3/c1-18(2,24-3)12-20-17(23)14-8-9-16(22)21(11-14)10-13-6-4-5-7-15(13)19/h4-7,14H,8-12H2,1-3H3,(H,20,23)/t14-/m0/s1. The van der Waals surface area contributed by atoms with Gasteiger partial charge in [0.15, 0.2) is 0 Å². The van der Waals surface area contributed by atoms with Crippen molar-refractivity contribution in [2.45, 2.75) is 38.8 Å². The molecule has 1 saturated heterocycles. The Kier molecular flexibility index (Phi) is 5.94. The second-order valence-electron chi connectivity index (χ2n) is 6.78. The minimum atomic E-state index is -0.437. The molecular weight excluding hydrogens is 311 g/mol. The number of amides is 2. The number of benzene rings is 1. The normalized spacial score (nSPS) is 18.6. The van der Waals surface area contributed by atoms with Crippen molar-refractivity contribution in [3.8, 4) is 0 Å². The lowest BCUT2D eigenvalue weighted by Crippen LogP contribution is -2.48. The second kappa shape index (κ2) is 7.75. The molecule has 2 amide bonds. The lowest BCUT2D eigenvalue weighted by Gasteiger charge is -2.33. The van der Waals surface area contributed by atoms with E-state index >= 15 is 0 Å². The fourth-order valence-electron chi connectivity index (χ4n) is 2.63. The van der Waals surface area contributed by atoms with Gasteiger partial charge in [0.2, 0.25) is 11.8 Å². The van der Waals surface area contributed by atoms with Crippen molar-refractivity contribution in [2.75, 3.05) is 20.2 Å². The molecule has 1 aromatic rings. The highest BCUT2D eigenvalue weighted by Gasteiger charge is 2.31. The van der Waals surface area contributed by atoms with Gasteiger partial charge in [0.05, 0.1) is 11.5 Å². The molecule has 0 saturated carbocycles. The first kappa shape index (κ1) is 18.4. The molecule has 1 fully saturated rings. The SMILES string of the molecule is COC(C)(C)CNC(=O)[C@H]1CCC(=O)N(Cc2ccccc2F)C1. The van der Waals surface area contributed by atoms with E-state index in [-0.39, 0.29) is 30.1 Å². The smallest absolute Gasteiger partial charge is 0.225 e. The Morgan fingerprint density at radius 3 is 2.79 bits per heavy atom. The minimum absolute atomic E-state index is 0.0421. The molecule has 0 spiro atoms. The minimum Gasteiger partial charge on any atom is -0.377 e. The predicted molar refractivity (Wildman–Crippen MR) is 88.6 cm³/mol. The largest absolute Gasteiger partial charge is 0.377 e. The Bertz CT molecular complexity index is 604. The van der Waals surface area contributed by atoms with Crippen molar-refractivity contribution in [2.24, 2.45) is 5.92 Å². The van der Waals surface area contributed by atoms with Gasteiger partial charge in [-0.2, -0.15) is 0 Å². The number of nitrogens with one attached hydrogen (secondary N) is 1. The highest BCUT2D eigenvalue weighted by molar-refractivity contribution is 5.83. The summed E-state index contributed by atoms with van der Waals surface area (Å²) in [4.78, 5) is 26.0. The van der Waals surface area contributed by atoms with Crippen LogP contribution < -0.4 is 5.32 Å². The molecular formula is C18H25FN2O3. The first-order valence-corrected chi connectivity index (χ1v) is 8.16. The molecule has 0 aliphatic carbocycles. The quantitative estimate of drug-likeness (QED) is 0.865. The van der Waals surface area contributed by atoms with Gasteiger partial charge in [-0.05, 0) is 26.3 Å². The maximum atomic E-state index is 13.8. The van der Waals surface area contributed by atoms with Crippen molar-refractivity contribution in [3.63, 3.8) is 0 Å². The summed E-state index contributed by atoms with van der Waals surface area (Å²) in [5.74, 6) is -0.744. The highest BCUT2D eigenvalue weighted by atomic mass is 19.1. The van der Waals surface area contributed by atoms with Crippen LogP contribution >= 0.6 is 0 Å². The zero-order chi connectivity index (χ0) is 17.7. The molecule has 0 radical (unpaired) electrons. The lowest BCUT2D eigenvalue weighted by molar-refractivity contribution is -0.139. The van der Waals surface area contributed by atoms with Gasteiger partial charge in [-0.25, -0.2) is 4.39 Å². The molecule has 5 nitrogen and oxygen atoms in total. The van der Waals surface area contributed by atoms with Crippen LogP contribution in [0.5, 0.6) is 0 Å². The zero-order valence-electron chi connectivity index (χ0n) is 14.5. The summed E-state index contributed by atoms with van der Waals surface area (Å²) in [6.45, 7) is 4.69. The Labute approximate surface area is 142 Å². The van der Waals surface area contributed by atoms with Crippen molar-refractivity contribution in [1.29, 1.82) is 0 Å². The molecule has 6 heteroatoms. The number of carbonyl (C=O) groups is 2. The molecule has 1 aromatic carbocycles. The number of hydrogen-bond acceptors (Lipinski definition) is 3. The average Bonchev–Trinajstić information content (AvgIpc) is 2.56. The van der Waals surface area contributed by atoms with Gasteiger partial charge in [0.25, 0.3) is 0 Å². The number of methoxy groups -OCH3 is 1. The van der Waals surface area contributed by atoms with Crippen LogP contribution in [0.2, 0.25) is 0 Å². The summed E-state index contributed by atoms with van der Waals surface area (Å²) in [6, 6.07) is 6.39. The molecule has 1 atom stereocenters. The van der Waals surface area contributed by atoms with E-state index in [1.54, 1.807) is 30.2 Å². The molecule has 0 aromatic heterocycles. The maximum Gasteiger partial charge on any atom is 0.225 e. The molecule has 1 aliphatic rings. The van der Waals surface area contributed by atoms with E-state index in [1.165, 1.54) is 6.07 Å². The Hall–Kier alpha value is -1.95. The van der Waals surface area contributed by atoms with Crippen LogP contribution in [-0.2, 0) is 20.9 Å². The molecule has 1 heterocycles. The van der Waals surface area contributed by atoms with Crippen molar-refractivity contribution >= 4 is 11.8 Å². The van der Waals surface area contributed by atoms with Gasteiger partial charge in [-0.1, -0.05) is 18.2 Å². The van der Waals surface area contributed by atoms with E-state index in [0.29, 0.717) is 31.5 Å². The molecule has 132 valence electrons. The highest BCUT2D eigenvalue weighted by Crippen LogP contribution is 2.21. The van der Waals surface area contributed by atoms with Crippen LogP contribution in [0.4, 0.5) is 4.39 Å². The van der Waals surface area contributed by atoms with Crippen LogP contribution in [0.15, 0.2) is 24.3 Å². The molecule has 1 N–H and O–H groups in total. The summed E-state index contributed by atoms with van der Waals surface area (Å²) in [5, 5.41) is 2.88. The molecule has 0 bridgehead atoms. The van der Waals surface area contributed by atoms with E-state index in [4.69, 9.17) is 4.74 Å². The first-order chi connectivity index (χ1) is 11.3. The molecule has 0 unspecified atom stereocenters. The maximum absolute atomic E-state index is 13.8. The number of ether oxygens (including phenoxy) is 1. The summed E-state index contributed by atoms with van der Waals surface area (Å²) in [5.41, 5.74) is 0.0277. The second-order valence-corrected chi connectivity index (χ2v) is 6.78. The fourth-order valence-corrected chi connectivity index (χ4v) is 2.63. The summed E-state index contributed by atoms with van der Waals surface area (Å²) in [7, 11) is 1.60. The third-order valence-corrected chi connectivity index (χ3v) is 4.43. The topological polar surface area (TPSA) is 58.6 Å². The number of likely N-dealkylation sites (tertiary alicyclic amines) is 1. The van der Waals surface area contributed by atoms with Crippen molar-refractivity contribution in [3.05, 3.63) is 35.6 Å². The van der Waals surface area contributed by atoms with E-state index in [2.05, 4.69) is 5.32 Å². The van der Waals surface area contributed by atoms with Gasteiger partial charge in [-0.15, -0.1) is 0 Å².